The molecular formula is C24H23F3N2O5. The van der Waals surface area contributed by atoms with E-state index in [0.717, 1.165) is 5.56 Å². The van der Waals surface area contributed by atoms with Crippen LogP contribution in [0.25, 0.3) is 10.8 Å². The fourth-order valence-electron chi connectivity index (χ4n) is 4.33. The SMILES string of the molecule is Cc1noc(=O)c2ccc(NC(=O)[C@](O)(CC(C)(C)c3cccc4c3OCC4)C(F)(F)F)cc12. The maximum atomic E-state index is 14.1. The summed E-state index contributed by atoms with van der Waals surface area (Å²) in [6.07, 6.45) is -5.56. The van der Waals surface area contributed by atoms with Gasteiger partial charge in [-0.15, -0.1) is 0 Å². The third-order valence-corrected chi connectivity index (χ3v) is 6.14. The third kappa shape index (κ3) is 4.02. The smallest absolute Gasteiger partial charge is 0.426 e. The number of rotatable bonds is 5. The van der Waals surface area contributed by atoms with Crippen LogP contribution in [0.15, 0.2) is 45.7 Å². The van der Waals surface area contributed by atoms with Gasteiger partial charge in [0.2, 0.25) is 5.60 Å². The average molecular weight is 476 g/mol. The van der Waals surface area contributed by atoms with Crippen LogP contribution in [0.5, 0.6) is 5.75 Å². The molecule has 2 heterocycles. The maximum Gasteiger partial charge on any atom is 0.426 e. The number of nitrogens with one attached hydrogen (secondary N) is 1. The molecule has 1 aliphatic heterocycles. The summed E-state index contributed by atoms with van der Waals surface area (Å²) in [6.45, 7) is 5.02. The Bertz CT molecular complexity index is 1330. The first-order valence-electron chi connectivity index (χ1n) is 10.6. The Hall–Kier alpha value is -3.40. The first-order chi connectivity index (χ1) is 15.8. The molecule has 4 rings (SSSR count). The second kappa shape index (κ2) is 8.12. The monoisotopic (exact) mass is 476 g/mol. The van der Waals surface area contributed by atoms with Crippen molar-refractivity contribution in [3.63, 3.8) is 0 Å². The zero-order chi connectivity index (χ0) is 24.9. The fourth-order valence-corrected chi connectivity index (χ4v) is 4.33. The lowest BCUT2D eigenvalue weighted by Crippen LogP contribution is -2.57. The Balaban J connectivity index is 1.68. The van der Waals surface area contributed by atoms with E-state index in [2.05, 4.69) is 15.0 Å². The van der Waals surface area contributed by atoms with Crippen LogP contribution >= 0.6 is 0 Å². The number of fused-ring (bicyclic) bond motifs is 2. The molecule has 0 unspecified atom stereocenters. The summed E-state index contributed by atoms with van der Waals surface area (Å²) in [7, 11) is 0. The van der Waals surface area contributed by atoms with Gasteiger partial charge in [0.1, 0.15) is 5.75 Å². The van der Waals surface area contributed by atoms with Crippen molar-refractivity contribution >= 4 is 22.4 Å². The van der Waals surface area contributed by atoms with Gasteiger partial charge in [0.15, 0.2) is 0 Å². The first kappa shape index (κ1) is 23.7. The van der Waals surface area contributed by atoms with E-state index in [1.807, 2.05) is 6.07 Å². The highest BCUT2D eigenvalue weighted by Crippen LogP contribution is 2.45. The van der Waals surface area contributed by atoms with E-state index >= 15 is 0 Å². The standard InChI is InChI=1S/C24H23F3N2O5/c1-13-17-11-15(7-8-16(17)20(30)34-29-13)28-21(31)23(32,24(25,26)27)12-22(2,3)18-6-4-5-14-9-10-33-19(14)18/h4-8,11,32H,9-10,12H2,1-3H3,(H,28,31)/t23-/m1/s1. The summed E-state index contributed by atoms with van der Waals surface area (Å²) < 4.78 is 52.7. The van der Waals surface area contributed by atoms with Crippen LogP contribution in [0.2, 0.25) is 0 Å². The molecule has 0 spiro atoms. The molecule has 34 heavy (non-hydrogen) atoms. The minimum atomic E-state index is -5.26. The van der Waals surface area contributed by atoms with Gasteiger partial charge in [-0.3, -0.25) is 4.79 Å². The van der Waals surface area contributed by atoms with E-state index in [4.69, 9.17) is 4.74 Å². The molecule has 0 bridgehead atoms. The van der Waals surface area contributed by atoms with Crippen molar-refractivity contribution < 1.29 is 32.3 Å². The van der Waals surface area contributed by atoms with Crippen molar-refractivity contribution in [3.05, 3.63) is 63.6 Å². The molecule has 10 heteroatoms. The van der Waals surface area contributed by atoms with Crippen molar-refractivity contribution in [1.82, 2.24) is 5.16 Å². The van der Waals surface area contributed by atoms with Crippen LogP contribution < -0.4 is 15.7 Å². The topological polar surface area (TPSA) is 102 Å². The molecule has 3 aromatic rings. The Morgan fingerprint density at radius 3 is 2.62 bits per heavy atom. The molecule has 0 radical (unpaired) electrons. The fraction of sp³-hybridized carbons (Fsp3) is 0.375. The largest absolute Gasteiger partial charge is 0.493 e. The number of aromatic nitrogens is 1. The van der Waals surface area contributed by atoms with Crippen LogP contribution in [0.4, 0.5) is 18.9 Å². The van der Waals surface area contributed by atoms with E-state index in [1.54, 1.807) is 19.1 Å². The lowest BCUT2D eigenvalue weighted by atomic mass is 9.73. The van der Waals surface area contributed by atoms with E-state index < -0.39 is 35.1 Å². The zero-order valence-electron chi connectivity index (χ0n) is 18.7. The van der Waals surface area contributed by atoms with Gasteiger partial charge in [-0.25, -0.2) is 4.79 Å². The summed E-state index contributed by atoms with van der Waals surface area (Å²) in [6, 6.07) is 9.08. The molecule has 0 saturated heterocycles. The van der Waals surface area contributed by atoms with E-state index in [0.29, 0.717) is 35.4 Å². The lowest BCUT2D eigenvalue weighted by Gasteiger charge is -2.37. The molecular weight excluding hydrogens is 453 g/mol. The number of alkyl halides is 3. The van der Waals surface area contributed by atoms with Crippen LogP contribution in [0.1, 0.15) is 37.1 Å². The number of carbonyl (C=O) groups excluding carboxylic acids is 1. The van der Waals surface area contributed by atoms with E-state index in [-0.39, 0.29) is 11.1 Å². The second-order valence-corrected chi connectivity index (χ2v) is 9.08. The highest BCUT2D eigenvalue weighted by molar-refractivity contribution is 5.99. The van der Waals surface area contributed by atoms with Gasteiger partial charge in [0.25, 0.3) is 5.91 Å². The molecule has 1 aliphatic rings. The number of halogens is 3. The Morgan fingerprint density at radius 2 is 1.91 bits per heavy atom. The zero-order valence-corrected chi connectivity index (χ0v) is 18.7. The molecule has 1 atom stereocenters. The van der Waals surface area contributed by atoms with Crippen molar-refractivity contribution in [3.8, 4) is 5.75 Å². The quantitative estimate of drug-likeness (QED) is 0.577. The summed E-state index contributed by atoms with van der Waals surface area (Å²) >= 11 is 0. The van der Waals surface area contributed by atoms with E-state index in [1.165, 1.54) is 32.0 Å². The number of anilines is 1. The first-order valence-corrected chi connectivity index (χ1v) is 10.6. The predicted octanol–water partition coefficient (Wildman–Crippen LogP) is 4.03. The molecule has 7 nitrogen and oxygen atoms in total. The molecule has 0 aliphatic carbocycles. The Kier molecular flexibility index (Phi) is 5.67. The Labute approximate surface area is 192 Å². The number of hydrogen-bond acceptors (Lipinski definition) is 6. The van der Waals surface area contributed by atoms with Gasteiger partial charge >= 0.3 is 11.8 Å². The minimum absolute atomic E-state index is 0.0302. The highest BCUT2D eigenvalue weighted by atomic mass is 19.4. The van der Waals surface area contributed by atoms with Crippen LogP contribution in [-0.4, -0.2) is 34.6 Å². The molecule has 180 valence electrons. The third-order valence-electron chi connectivity index (χ3n) is 6.14. The summed E-state index contributed by atoms with van der Waals surface area (Å²) in [4.78, 5) is 24.7. The van der Waals surface area contributed by atoms with E-state index in [9.17, 15) is 27.9 Å². The molecule has 1 aromatic heterocycles. The molecule has 2 N–H and O–H groups in total. The summed E-state index contributed by atoms with van der Waals surface area (Å²) in [5.41, 5.74) is -4.04. The van der Waals surface area contributed by atoms with Crippen molar-refractivity contribution in [2.45, 2.75) is 50.8 Å². The number of aryl methyl sites for hydroxylation is 1. The number of carbonyl (C=O) groups is 1. The average Bonchev–Trinajstić information content (AvgIpc) is 3.24. The number of para-hydroxylation sites is 1. The normalized spacial score (nSPS) is 15.5. The van der Waals surface area contributed by atoms with Gasteiger partial charge in [-0.1, -0.05) is 37.2 Å². The number of benzene rings is 2. The van der Waals surface area contributed by atoms with Crippen LogP contribution in [-0.2, 0) is 16.6 Å². The van der Waals surface area contributed by atoms with Crippen molar-refractivity contribution in [1.29, 1.82) is 0 Å². The van der Waals surface area contributed by atoms with Gasteiger partial charge in [-0.2, -0.15) is 13.2 Å². The minimum Gasteiger partial charge on any atom is -0.493 e. The van der Waals surface area contributed by atoms with Gasteiger partial charge in [-0.05, 0) is 36.1 Å². The number of aliphatic hydroxyl groups is 1. The maximum absolute atomic E-state index is 14.1. The van der Waals surface area contributed by atoms with Crippen LogP contribution in [0, 0.1) is 6.92 Å². The molecule has 2 aromatic carbocycles. The molecule has 0 saturated carbocycles. The number of amides is 1. The molecule has 1 amide bonds. The summed E-state index contributed by atoms with van der Waals surface area (Å²) in [5.74, 6) is -1.14. The van der Waals surface area contributed by atoms with Gasteiger partial charge in [0, 0.05) is 29.5 Å². The Morgan fingerprint density at radius 1 is 1.18 bits per heavy atom. The van der Waals surface area contributed by atoms with Crippen molar-refractivity contribution in [2.24, 2.45) is 0 Å². The van der Waals surface area contributed by atoms with Crippen molar-refractivity contribution in [2.75, 3.05) is 11.9 Å². The van der Waals surface area contributed by atoms with Gasteiger partial charge in [0.05, 0.1) is 17.7 Å². The second-order valence-electron chi connectivity index (χ2n) is 9.08. The highest BCUT2D eigenvalue weighted by Gasteiger charge is 2.61. The molecule has 0 fully saturated rings. The number of ether oxygens (including phenoxy) is 1. The lowest BCUT2D eigenvalue weighted by molar-refractivity contribution is -0.254. The van der Waals surface area contributed by atoms with Crippen LogP contribution in [0.3, 0.4) is 0 Å². The predicted molar refractivity (Wildman–Crippen MR) is 118 cm³/mol. The number of nitrogens with zero attached hydrogens (tertiary/aromatic N) is 1. The van der Waals surface area contributed by atoms with Gasteiger partial charge < -0.3 is 19.7 Å². The summed E-state index contributed by atoms with van der Waals surface area (Å²) in [5, 5.41) is 17.0. The number of hydrogen-bond donors (Lipinski definition) is 2.